The van der Waals surface area contributed by atoms with Crippen molar-refractivity contribution in [3.8, 4) is 0 Å². The Morgan fingerprint density at radius 2 is 2.18 bits per heavy atom. The molecule has 2 N–H and O–H groups in total. The van der Waals surface area contributed by atoms with E-state index in [2.05, 4.69) is 5.32 Å². The van der Waals surface area contributed by atoms with Crippen molar-refractivity contribution in [1.29, 1.82) is 0 Å². The molecular weight excluding hydrogens is 249 g/mol. The Kier molecular flexibility index (Phi) is 4.45. The normalized spacial score (nSPS) is 11.9. The summed E-state index contributed by atoms with van der Waals surface area (Å²) in [6, 6.07) is 3.01. The number of amides is 1. The highest BCUT2D eigenvalue weighted by atomic mass is 35.5. The van der Waals surface area contributed by atoms with Gasteiger partial charge in [-0.3, -0.25) is 4.79 Å². The third kappa shape index (κ3) is 3.71. The molecule has 4 nitrogen and oxygen atoms in total. The molecule has 0 saturated heterocycles. The van der Waals surface area contributed by atoms with Gasteiger partial charge in [0.25, 0.3) is 0 Å². The molecule has 1 aromatic rings. The van der Waals surface area contributed by atoms with Crippen molar-refractivity contribution in [3.05, 3.63) is 34.6 Å². The minimum Gasteiger partial charge on any atom is -0.480 e. The lowest BCUT2D eigenvalue weighted by atomic mass is 10.1. The molecule has 17 heavy (non-hydrogen) atoms. The number of carbonyl (C=O) groups is 2. The van der Waals surface area contributed by atoms with Crippen LogP contribution in [-0.4, -0.2) is 23.0 Å². The summed E-state index contributed by atoms with van der Waals surface area (Å²) < 4.78 is 13.1. The van der Waals surface area contributed by atoms with Crippen LogP contribution in [0.2, 0.25) is 5.02 Å². The van der Waals surface area contributed by atoms with Crippen LogP contribution in [0.4, 0.5) is 4.39 Å². The van der Waals surface area contributed by atoms with E-state index in [4.69, 9.17) is 16.7 Å². The van der Waals surface area contributed by atoms with Gasteiger partial charge in [0.1, 0.15) is 11.9 Å². The summed E-state index contributed by atoms with van der Waals surface area (Å²) in [5, 5.41) is 11.0. The quantitative estimate of drug-likeness (QED) is 0.863. The molecule has 0 radical (unpaired) electrons. The fourth-order valence-electron chi connectivity index (χ4n) is 1.37. The minimum absolute atomic E-state index is 0.0640. The van der Waals surface area contributed by atoms with Crippen molar-refractivity contribution in [2.75, 3.05) is 0 Å². The number of rotatable bonds is 4. The molecule has 0 aliphatic rings. The van der Waals surface area contributed by atoms with Gasteiger partial charge < -0.3 is 10.4 Å². The van der Waals surface area contributed by atoms with Gasteiger partial charge in [0.05, 0.1) is 5.02 Å². The van der Waals surface area contributed by atoms with E-state index in [0.717, 1.165) is 0 Å². The van der Waals surface area contributed by atoms with E-state index >= 15 is 0 Å². The van der Waals surface area contributed by atoms with Crippen molar-refractivity contribution in [2.45, 2.75) is 19.4 Å². The zero-order valence-corrected chi connectivity index (χ0v) is 9.79. The fraction of sp³-hybridized carbons (Fsp3) is 0.273. The third-order valence-electron chi connectivity index (χ3n) is 2.13. The first-order valence-electron chi connectivity index (χ1n) is 4.84. The summed E-state index contributed by atoms with van der Waals surface area (Å²) in [6.45, 7) is 1.21. The van der Waals surface area contributed by atoms with Gasteiger partial charge in [-0.1, -0.05) is 23.7 Å². The summed E-state index contributed by atoms with van der Waals surface area (Å²) >= 11 is 5.70. The van der Waals surface area contributed by atoms with E-state index in [1.807, 2.05) is 0 Å². The Labute approximate surface area is 102 Å². The highest BCUT2D eigenvalue weighted by Crippen LogP contribution is 2.20. The summed E-state index contributed by atoms with van der Waals surface area (Å²) in [5.41, 5.74) is 0.341. The average Bonchev–Trinajstić information content (AvgIpc) is 2.22. The van der Waals surface area contributed by atoms with E-state index in [0.29, 0.717) is 5.56 Å². The number of hydrogen-bond acceptors (Lipinski definition) is 2. The number of carbonyl (C=O) groups excluding carboxylic acids is 1. The van der Waals surface area contributed by atoms with Gasteiger partial charge in [-0.05, 0) is 11.6 Å². The van der Waals surface area contributed by atoms with Crippen LogP contribution in [0.15, 0.2) is 18.2 Å². The number of hydrogen-bond donors (Lipinski definition) is 2. The molecule has 1 aromatic carbocycles. The van der Waals surface area contributed by atoms with Crippen LogP contribution in [0.25, 0.3) is 0 Å². The fourth-order valence-corrected chi connectivity index (χ4v) is 1.57. The lowest BCUT2D eigenvalue weighted by Crippen LogP contribution is -2.41. The Balaban J connectivity index is 2.90. The minimum atomic E-state index is -1.19. The smallest absolute Gasteiger partial charge is 0.326 e. The maximum Gasteiger partial charge on any atom is 0.326 e. The summed E-state index contributed by atoms with van der Waals surface area (Å²) in [4.78, 5) is 21.7. The van der Waals surface area contributed by atoms with Crippen LogP contribution in [0, 0.1) is 5.82 Å². The molecule has 0 aromatic heterocycles. The van der Waals surface area contributed by atoms with Crippen molar-refractivity contribution in [3.63, 3.8) is 0 Å². The van der Waals surface area contributed by atoms with E-state index < -0.39 is 23.7 Å². The Morgan fingerprint density at radius 1 is 1.53 bits per heavy atom. The van der Waals surface area contributed by atoms with Gasteiger partial charge in [0, 0.05) is 13.3 Å². The van der Waals surface area contributed by atoms with E-state index in [-0.39, 0.29) is 11.4 Å². The average molecular weight is 260 g/mol. The van der Waals surface area contributed by atoms with Gasteiger partial charge in [0.15, 0.2) is 0 Å². The SMILES string of the molecule is CC(=O)NC(Cc1cccc(F)c1Cl)C(=O)O. The summed E-state index contributed by atoms with van der Waals surface area (Å²) in [7, 11) is 0. The Bertz CT molecular complexity index is 450. The first-order valence-corrected chi connectivity index (χ1v) is 5.22. The zero-order chi connectivity index (χ0) is 13.0. The molecule has 1 unspecified atom stereocenters. The van der Waals surface area contributed by atoms with E-state index in [9.17, 15) is 14.0 Å². The summed E-state index contributed by atoms with van der Waals surface area (Å²) in [6.07, 6.45) is -0.0640. The van der Waals surface area contributed by atoms with Crippen LogP contribution in [0.3, 0.4) is 0 Å². The number of aliphatic carboxylic acids is 1. The predicted molar refractivity (Wildman–Crippen MR) is 60.4 cm³/mol. The second-order valence-electron chi connectivity index (χ2n) is 3.51. The zero-order valence-electron chi connectivity index (χ0n) is 9.04. The van der Waals surface area contributed by atoms with Gasteiger partial charge >= 0.3 is 5.97 Å². The molecule has 0 spiro atoms. The molecule has 1 atom stereocenters. The second-order valence-corrected chi connectivity index (χ2v) is 3.89. The van der Waals surface area contributed by atoms with Crippen LogP contribution in [-0.2, 0) is 16.0 Å². The predicted octanol–water partition coefficient (Wildman–Crippen LogP) is 1.61. The van der Waals surface area contributed by atoms with Crippen molar-refractivity contribution >= 4 is 23.5 Å². The molecule has 6 heteroatoms. The first kappa shape index (κ1) is 13.4. The van der Waals surface area contributed by atoms with Crippen molar-refractivity contribution in [2.24, 2.45) is 0 Å². The number of halogens is 2. The highest BCUT2D eigenvalue weighted by Gasteiger charge is 2.20. The lowest BCUT2D eigenvalue weighted by Gasteiger charge is -2.14. The molecule has 1 amide bonds. The molecule has 1 rings (SSSR count). The van der Waals surface area contributed by atoms with Gasteiger partial charge in [-0.2, -0.15) is 0 Å². The third-order valence-corrected chi connectivity index (χ3v) is 2.55. The van der Waals surface area contributed by atoms with Gasteiger partial charge in [-0.25, -0.2) is 9.18 Å². The van der Waals surface area contributed by atoms with Crippen LogP contribution in [0.5, 0.6) is 0 Å². The van der Waals surface area contributed by atoms with Crippen molar-refractivity contribution in [1.82, 2.24) is 5.32 Å². The number of carboxylic acid groups (broad SMARTS) is 1. The molecule has 0 bridgehead atoms. The maximum atomic E-state index is 13.1. The Hall–Kier alpha value is -1.62. The van der Waals surface area contributed by atoms with Crippen LogP contribution in [0.1, 0.15) is 12.5 Å². The lowest BCUT2D eigenvalue weighted by molar-refractivity contribution is -0.141. The molecular formula is C11H11ClFNO3. The van der Waals surface area contributed by atoms with Gasteiger partial charge in [-0.15, -0.1) is 0 Å². The van der Waals surface area contributed by atoms with E-state index in [1.54, 1.807) is 0 Å². The Morgan fingerprint density at radius 3 is 2.71 bits per heavy atom. The standard InChI is InChI=1S/C11H11ClFNO3/c1-6(15)14-9(11(16)17)5-7-3-2-4-8(13)10(7)12/h2-4,9H,5H2,1H3,(H,14,15)(H,16,17). The molecule has 0 fully saturated rings. The number of carboxylic acids is 1. The van der Waals surface area contributed by atoms with Crippen LogP contribution < -0.4 is 5.32 Å². The highest BCUT2D eigenvalue weighted by molar-refractivity contribution is 6.31. The molecule has 0 heterocycles. The number of benzene rings is 1. The molecule has 0 aliphatic carbocycles. The molecule has 0 saturated carbocycles. The van der Waals surface area contributed by atoms with Gasteiger partial charge in [0.2, 0.25) is 5.91 Å². The molecule has 0 aliphatic heterocycles. The maximum absolute atomic E-state index is 13.1. The van der Waals surface area contributed by atoms with E-state index in [1.165, 1.54) is 25.1 Å². The molecule has 92 valence electrons. The summed E-state index contributed by atoms with van der Waals surface area (Å²) in [5.74, 6) is -2.28. The monoisotopic (exact) mass is 259 g/mol. The first-order chi connectivity index (χ1) is 7.91. The topological polar surface area (TPSA) is 66.4 Å². The largest absolute Gasteiger partial charge is 0.480 e. The second kappa shape index (κ2) is 5.63. The number of nitrogens with one attached hydrogen (secondary N) is 1. The van der Waals surface area contributed by atoms with Crippen LogP contribution >= 0.6 is 11.6 Å². The van der Waals surface area contributed by atoms with Crippen molar-refractivity contribution < 1.29 is 19.1 Å².